The third-order valence-corrected chi connectivity index (χ3v) is 3.13. The largest absolute Gasteiger partial charge is 0.256 e. The Bertz CT molecular complexity index is 585. The molecule has 2 heteroatoms. The molecular weight excluding hydrogens is 237 g/mol. The smallest absolute Gasteiger partial charge is 0.123 e. The van der Waals surface area contributed by atoms with Gasteiger partial charge in [-0.2, -0.15) is 0 Å². The number of rotatable bonds is 4. The molecule has 0 aliphatic rings. The Labute approximate surface area is 113 Å². The molecule has 0 spiro atoms. The van der Waals surface area contributed by atoms with Gasteiger partial charge in [0.05, 0.1) is 5.69 Å². The highest BCUT2D eigenvalue weighted by Crippen LogP contribution is 2.18. The maximum absolute atomic E-state index is 12.9. The van der Waals surface area contributed by atoms with Gasteiger partial charge in [-0.15, -0.1) is 0 Å². The highest BCUT2D eigenvalue weighted by atomic mass is 19.1. The second-order valence-electron chi connectivity index (χ2n) is 4.79. The van der Waals surface area contributed by atoms with E-state index in [1.807, 2.05) is 25.3 Å². The van der Waals surface area contributed by atoms with Gasteiger partial charge < -0.3 is 0 Å². The first-order valence-electron chi connectivity index (χ1n) is 6.48. The predicted molar refractivity (Wildman–Crippen MR) is 77.5 cm³/mol. The van der Waals surface area contributed by atoms with Crippen LogP contribution in [-0.4, -0.2) is 4.98 Å². The van der Waals surface area contributed by atoms with E-state index in [4.69, 9.17) is 0 Å². The van der Waals surface area contributed by atoms with Gasteiger partial charge >= 0.3 is 0 Å². The van der Waals surface area contributed by atoms with Crippen molar-refractivity contribution >= 4 is 5.57 Å². The van der Waals surface area contributed by atoms with Crippen LogP contribution in [0.5, 0.6) is 0 Å². The molecule has 0 radical (unpaired) electrons. The lowest BCUT2D eigenvalue weighted by Gasteiger charge is -2.09. The first kappa shape index (κ1) is 13.5. The number of hydrogen-bond acceptors (Lipinski definition) is 1. The standard InChI is InChI=1S/C17H18FN/c1-4-15-10-14(11-19-17(15)12(2)3)9-13-5-7-16(18)8-6-13/h5-8,10-11H,2,4,9H2,1,3H3. The predicted octanol–water partition coefficient (Wildman–Crippen LogP) is 4.41. The number of pyridine rings is 1. The second kappa shape index (κ2) is 5.79. The Balaban J connectivity index is 2.26. The van der Waals surface area contributed by atoms with Crippen LogP contribution in [0, 0.1) is 5.82 Å². The molecule has 98 valence electrons. The first-order valence-corrected chi connectivity index (χ1v) is 6.48. The van der Waals surface area contributed by atoms with Gasteiger partial charge in [0.15, 0.2) is 0 Å². The molecule has 0 atom stereocenters. The fourth-order valence-electron chi connectivity index (χ4n) is 2.15. The molecule has 0 N–H and O–H groups in total. The molecule has 0 bridgehead atoms. The van der Waals surface area contributed by atoms with Crippen LogP contribution < -0.4 is 0 Å². The maximum Gasteiger partial charge on any atom is 0.123 e. The number of aryl methyl sites for hydroxylation is 1. The fourth-order valence-corrected chi connectivity index (χ4v) is 2.15. The normalized spacial score (nSPS) is 10.5. The molecule has 1 heterocycles. The second-order valence-corrected chi connectivity index (χ2v) is 4.79. The minimum Gasteiger partial charge on any atom is -0.256 e. The van der Waals surface area contributed by atoms with E-state index in [2.05, 4.69) is 24.6 Å². The Morgan fingerprint density at radius 2 is 1.89 bits per heavy atom. The third kappa shape index (κ3) is 3.28. The number of benzene rings is 1. The molecule has 1 nitrogen and oxygen atoms in total. The molecule has 0 aliphatic carbocycles. The Morgan fingerprint density at radius 1 is 1.21 bits per heavy atom. The Hall–Kier alpha value is -1.96. The molecule has 2 rings (SSSR count). The van der Waals surface area contributed by atoms with Crippen molar-refractivity contribution in [3.05, 3.63) is 71.3 Å². The highest BCUT2D eigenvalue weighted by molar-refractivity contribution is 5.61. The molecule has 19 heavy (non-hydrogen) atoms. The van der Waals surface area contributed by atoms with Crippen molar-refractivity contribution in [1.29, 1.82) is 0 Å². The Kier molecular flexibility index (Phi) is 4.10. The van der Waals surface area contributed by atoms with Crippen LogP contribution in [0.25, 0.3) is 5.57 Å². The number of allylic oxidation sites excluding steroid dienone is 1. The van der Waals surface area contributed by atoms with Crippen LogP contribution in [0.1, 0.15) is 36.2 Å². The van der Waals surface area contributed by atoms with Gasteiger partial charge in [0.1, 0.15) is 5.82 Å². The summed E-state index contributed by atoms with van der Waals surface area (Å²) in [6, 6.07) is 8.78. The fraction of sp³-hybridized carbons (Fsp3) is 0.235. The van der Waals surface area contributed by atoms with E-state index in [9.17, 15) is 4.39 Å². The molecule has 2 aromatic rings. The summed E-state index contributed by atoms with van der Waals surface area (Å²) in [5.41, 5.74) is 5.43. The van der Waals surface area contributed by atoms with E-state index in [-0.39, 0.29) is 5.82 Å². The molecular formula is C17H18FN. The summed E-state index contributed by atoms with van der Waals surface area (Å²) in [6.07, 6.45) is 3.59. The zero-order chi connectivity index (χ0) is 13.8. The van der Waals surface area contributed by atoms with Crippen LogP contribution in [0.4, 0.5) is 4.39 Å². The zero-order valence-electron chi connectivity index (χ0n) is 11.4. The van der Waals surface area contributed by atoms with Crippen molar-refractivity contribution in [2.45, 2.75) is 26.7 Å². The lowest BCUT2D eigenvalue weighted by Crippen LogP contribution is -1.98. The molecule has 0 amide bonds. The van der Waals surface area contributed by atoms with Gasteiger partial charge in [-0.1, -0.05) is 31.7 Å². The van der Waals surface area contributed by atoms with Crippen molar-refractivity contribution in [3.63, 3.8) is 0 Å². The SMILES string of the molecule is C=C(C)c1ncc(Cc2ccc(F)cc2)cc1CC. The summed E-state index contributed by atoms with van der Waals surface area (Å²) >= 11 is 0. The summed E-state index contributed by atoms with van der Waals surface area (Å²) in [4.78, 5) is 4.49. The average Bonchev–Trinajstić information content (AvgIpc) is 2.41. The zero-order valence-corrected chi connectivity index (χ0v) is 11.4. The minimum absolute atomic E-state index is 0.200. The molecule has 0 saturated carbocycles. The quantitative estimate of drug-likeness (QED) is 0.788. The van der Waals surface area contributed by atoms with Gasteiger partial charge in [0, 0.05) is 6.20 Å². The average molecular weight is 255 g/mol. The number of hydrogen-bond donors (Lipinski definition) is 0. The van der Waals surface area contributed by atoms with Gasteiger partial charge in [-0.3, -0.25) is 4.98 Å². The highest BCUT2D eigenvalue weighted by Gasteiger charge is 2.05. The lowest BCUT2D eigenvalue weighted by molar-refractivity contribution is 0.627. The van der Waals surface area contributed by atoms with E-state index in [1.54, 1.807) is 0 Å². The van der Waals surface area contributed by atoms with E-state index in [1.165, 1.54) is 17.7 Å². The van der Waals surface area contributed by atoms with Gasteiger partial charge in [0.2, 0.25) is 0 Å². The van der Waals surface area contributed by atoms with Crippen molar-refractivity contribution < 1.29 is 4.39 Å². The summed E-state index contributed by atoms with van der Waals surface area (Å²) in [7, 11) is 0. The van der Waals surface area contributed by atoms with Crippen molar-refractivity contribution in [3.8, 4) is 0 Å². The molecule has 0 unspecified atom stereocenters. The molecule has 1 aromatic carbocycles. The van der Waals surface area contributed by atoms with Crippen molar-refractivity contribution in [2.75, 3.05) is 0 Å². The Morgan fingerprint density at radius 3 is 2.47 bits per heavy atom. The van der Waals surface area contributed by atoms with E-state index in [0.717, 1.165) is 35.2 Å². The summed E-state index contributed by atoms with van der Waals surface area (Å²) in [5.74, 6) is -0.200. The summed E-state index contributed by atoms with van der Waals surface area (Å²) in [5, 5.41) is 0. The van der Waals surface area contributed by atoms with E-state index >= 15 is 0 Å². The van der Waals surface area contributed by atoms with Gasteiger partial charge in [-0.05, 0) is 54.2 Å². The number of aromatic nitrogens is 1. The van der Waals surface area contributed by atoms with Crippen LogP contribution in [0.2, 0.25) is 0 Å². The maximum atomic E-state index is 12.9. The van der Waals surface area contributed by atoms with E-state index in [0.29, 0.717) is 0 Å². The number of halogens is 1. The summed E-state index contributed by atoms with van der Waals surface area (Å²) in [6.45, 7) is 8.04. The van der Waals surface area contributed by atoms with Gasteiger partial charge in [0.25, 0.3) is 0 Å². The topological polar surface area (TPSA) is 12.9 Å². The van der Waals surface area contributed by atoms with Crippen LogP contribution >= 0.6 is 0 Å². The summed E-state index contributed by atoms with van der Waals surface area (Å²) < 4.78 is 12.9. The van der Waals surface area contributed by atoms with Crippen LogP contribution in [-0.2, 0) is 12.8 Å². The van der Waals surface area contributed by atoms with Crippen molar-refractivity contribution in [2.24, 2.45) is 0 Å². The first-order chi connectivity index (χ1) is 9.10. The molecule has 0 aliphatic heterocycles. The number of nitrogens with zero attached hydrogens (tertiary/aromatic N) is 1. The van der Waals surface area contributed by atoms with Crippen LogP contribution in [0.3, 0.4) is 0 Å². The minimum atomic E-state index is -0.200. The molecule has 0 fully saturated rings. The lowest BCUT2D eigenvalue weighted by atomic mass is 10.0. The molecule has 0 saturated heterocycles. The van der Waals surface area contributed by atoms with Crippen LogP contribution in [0.15, 0.2) is 43.1 Å². The van der Waals surface area contributed by atoms with Gasteiger partial charge in [-0.25, -0.2) is 4.39 Å². The third-order valence-electron chi connectivity index (χ3n) is 3.13. The molecule has 1 aromatic heterocycles. The van der Waals surface area contributed by atoms with E-state index < -0.39 is 0 Å². The van der Waals surface area contributed by atoms with Crippen molar-refractivity contribution in [1.82, 2.24) is 4.98 Å². The monoisotopic (exact) mass is 255 g/mol.